The van der Waals surface area contributed by atoms with E-state index in [1.165, 1.54) is 6.42 Å². The zero-order valence-corrected chi connectivity index (χ0v) is 11.9. The number of rotatable bonds is 1. The van der Waals surface area contributed by atoms with Crippen LogP contribution in [0.3, 0.4) is 0 Å². The van der Waals surface area contributed by atoms with Crippen LogP contribution in [0.15, 0.2) is 0 Å². The van der Waals surface area contributed by atoms with Crippen molar-refractivity contribution >= 4 is 11.8 Å². The minimum atomic E-state index is -0.774. The van der Waals surface area contributed by atoms with Gasteiger partial charge in [0, 0.05) is 6.04 Å². The van der Waals surface area contributed by atoms with Gasteiger partial charge in [-0.3, -0.25) is 9.59 Å². The number of carbonyl (C=O) groups is 2. The van der Waals surface area contributed by atoms with Crippen molar-refractivity contribution in [1.82, 2.24) is 10.2 Å². The predicted octanol–water partition coefficient (Wildman–Crippen LogP) is 1.83. The van der Waals surface area contributed by atoms with Gasteiger partial charge in [0.15, 0.2) is 0 Å². The van der Waals surface area contributed by atoms with E-state index < -0.39 is 11.1 Å². The van der Waals surface area contributed by atoms with Crippen LogP contribution < -0.4 is 5.32 Å². The first kappa shape index (κ1) is 13.4. The highest BCUT2D eigenvalue weighted by Crippen LogP contribution is 2.33. The molecular weight excluding hydrogens is 228 g/mol. The largest absolute Gasteiger partial charge is 0.340 e. The molecule has 0 aromatic heterocycles. The molecule has 2 amide bonds. The molecule has 0 bridgehead atoms. The van der Waals surface area contributed by atoms with Crippen molar-refractivity contribution < 1.29 is 9.59 Å². The summed E-state index contributed by atoms with van der Waals surface area (Å²) in [5, 5.41) is 2.83. The summed E-state index contributed by atoms with van der Waals surface area (Å²) in [4.78, 5) is 26.7. The zero-order valence-electron chi connectivity index (χ0n) is 11.9. The molecule has 0 aromatic carbocycles. The van der Waals surface area contributed by atoms with Crippen molar-refractivity contribution in [2.75, 3.05) is 0 Å². The normalized spacial score (nSPS) is 28.1. The highest BCUT2D eigenvalue weighted by Gasteiger charge is 2.52. The summed E-state index contributed by atoms with van der Waals surface area (Å²) in [7, 11) is 0. The Hall–Kier alpha value is -1.06. The molecule has 4 heteroatoms. The van der Waals surface area contributed by atoms with E-state index in [0.717, 1.165) is 25.7 Å². The van der Waals surface area contributed by atoms with E-state index >= 15 is 0 Å². The van der Waals surface area contributed by atoms with E-state index in [2.05, 4.69) is 5.32 Å². The molecule has 0 aromatic rings. The summed E-state index contributed by atoms with van der Waals surface area (Å²) in [6.45, 7) is 7.28. The van der Waals surface area contributed by atoms with E-state index in [-0.39, 0.29) is 17.9 Å². The monoisotopic (exact) mass is 252 g/mol. The molecule has 0 unspecified atom stereocenters. The topological polar surface area (TPSA) is 49.4 Å². The van der Waals surface area contributed by atoms with Crippen LogP contribution in [-0.4, -0.2) is 33.8 Å². The van der Waals surface area contributed by atoms with Gasteiger partial charge < -0.3 is 10.2 Å². The van der Waals surface area contributed by atoms with Crippen molar-refractivity contribution in [3.63, 3.8) is 0 Å². The molecule has 0 spiro atoms. The average Bonchev–Trinajstić information content (AvgIpc) is 2.28. The number of amides is 2. The van der Waals surface area contributed by atoms with Gasteiger partial charge in [-0.1, -0.05) is 19.3 Å². The zero-order chi connectivity index (χ0) is 13.6. The molecule has 2 aliphatic rings. The van der Waals surface area contributed by atoms with E-state index in [9.17, 15) is 9.59 Å². The number of hydrogen-bond acceptors (Lipinski definition) is 2. The minimum Gasteiger partial charge on any atom is -0.340 e. The Labute approximate surface area is 109 Å². The smallest absolute Gasteiger partial charge is 0.248 e. The maximum Gasteiger partial charge on any atom is 0.248 e. The molecule has 102 valence electrons. The van der Waals surface area contributed by atoms with Crippen LogP contribution in [0.4, 0.5) is 0 Å². The van der Waals surface area contributed by atoms with Gasteiger partial charge >= 0.3 is 0 Å². The fourth-order valence-corrected chi connectivity index (χ4v) is 3.12. The van der Waals surface area contributed by atoms with Crippen molar-refractivity contribution in [2.24, 2.45) is 0 Å². The third kappa shape index (κ3) is 2.02. The average molecular weight is 252 g/mol. The van der Waals surface area contributed by atoms with Gasteiger partial charge in [0.05, 0.1) is 0 Å². The maximum absolute atomic E-state index is 12.6. The highest BCUT2D eigenvalue weighted by atomic mass is 16.2. The molecule has 1 aliphatic heterocycles. The number of nitrogens with zero attached hydrogens (tertiary/aromatic N) is 1. The van der Waals surface area contributed by atoms with Crippen LogP contribution in [0.1, 0.15) is 59.8 Å². The maximum atomic E-state index is 12.6. The first-order chi connectivity index (χ1) is 8.27. The van der Waals surface area contributed by atoms with Gasteiger partial charge in [-0.15, -0.1) is 0 Å². The van der Waals surface area contributed by atoms with E-state index in [1.54, 1.807) is 13.8 Å². The number of hydrogen-bond donors (Lipinski definition) is 1. The Bertz CT molecular complexity index is 368. The molecule has 1 aliphatic carbocycles. The molecule has 1 saturated heterocycles. The number of nitrogens with one attached hydrogen (secondary N) is 1. The van der Waals surface area contributed by atoms with Crippen molar-refractivity contribution in [2.45, 2.75) is 76.9 Å². The molecule has 4 nitrogen and oxygen atoms in total. The van der Waals surface area contributed by atoms with Gasteiger partial charge in [-0.25, -0.2) is 0 Å². The van der Waals surface area contributed by atoms with E-state index in [4.69, 9.17) is 0 Å². The molecule has 2 fully saturated rings. The Balaban J connectivity index is 2.32. The van der Waals surface area contributed by atoms with Crippen LogP contribution in [0, 0.1) is 0 Å². The SMILES string of the molecule is CC1(C)NC(=O)C(C)(C)N(C2CCCCC2)C1=O. The van der Waals surface area contributed by atoms with Crippen LogP contribution in [0.5, 0.6) is 0 Å². The van der Waals surface area contributed by atoms with Crippen LogP contribution >= 0.6 is 0 Å². The lowest BCUT2D eigenvalue weighted by Crippen LogP contribution is -2.74. The van der Waals surface area contributed by atoms with Crippen molar-refractivity contribution in [3.05, 3.63) is 0 Å². The fourth-order valence-electron chi connectivity index (χ4n) is 3.12. The molecule has 2 rings (SSSR count). The molecule has 0 radical (unpaired) electrons. The number of carbonyl (C=O) groups excluding carboxylic acids is 2. The lowest BCUT2D eigenvalue weighted by Gasteiger charge is -2.51. The van der Waals surface area contributed by atoms with Gasteiger partial charge in [0.2, 0.25) is 11.8 Å². The van der Waals surface area contributed by atoms with Crippen LogP contribution in [0.25, 0.3) is 0 Å². The standard InChI is InChI=1S/C14H24N2O2/c1-13(2)12(18)16(10-8-6-5-7-9-10)14(3,4)11(17)15-13/h10H,5-9H2,1-4H3,(H,15,17). The second kappa shape index (κ2) is 4.25. The molecule has 1 N–H and O–H groups in total. The lowest BCUT2D eigenvalue weighted by molar-refractivity contribution is -0.164. The summed E-state index contributed by atoms with van der Waals surface area (Å²) in [5.74, 6) is 0.0108. The third-order valence-electron chi connectivity index (χ3n) is 4.28. The Morgan fingerprint density at radius 2 is 1.61 bits per heavy atom. The van der Waals surface area contributed by atoms with Crippen molar-refractivity contribution in [1.29, 1.82) is 0 Å². The van der Waals surface area contributed by atoms with Gasteiger partial charge in [0.1, 0.15) is 11.1 Å². The summed E-state index contributed by atoms with van der Waals surface area (Å²) >= 11 is 0. The predicted molar refractivity (Wildman–Crippen MR) is 70.0 cm³/mol. The van der Waals surface area contributed by atoms with E-state index in [0.29, 0.717) is 0 Å². The van der Waals surface area contributed by atoms with Gasteiger partial charge in [-0.05, 0) is 40.5 Å². The number of piperazine rings is 1. The van der Waals surface area contributed by atoms with Gasteiger partial charge in [-0.2, -0.15) is 0 Å². The Kier molecular flexibility index (Phi) is 3.16. The highest BCUT2D eigenvalue weighted by molar-refractivity contribution is 6.01. The van der Waals surface area contributed by atoms with E-state index in [1.807, 2.05) is 18.7 Å². The lowest BCUT2D eigenvalue weighted by atomic mass is 9.84. The second-order valence-corrected chi connectivity index (χ2v) is 6.61. The first-order valence-electron chi connectivity index (χ1n) is 6.93. The van der Waals surface area contributed by atoms with Crippen LogP contribution in [0.2, 0.25) is 0 Å². The summed E-state index contributed by atoms with van der Waals surface area (Å²) in [6, 6.07) is 0.228. The third-order valence-corrected chi connectivity index (χ3v) is 4.28. The molecule has 0 atom stereocenters. The second-order valence-electron chi connectivity index (χ2n) is 6.61. The quantitative estimate of drug-likeness (QED) is 0.774. The Morgan fingerprint density at radius 3 is 2.17 bits per heavy atom. The molecular formula is C14H24N2O2. The fraction of sp³-hybridized carbons (Fsp3) is 0.857. The minimum absolute atomic E-state index is 0.0438. The molecule has 1 saturated carbocycles. The van der Waals surface area contributed by atoms with Crippen molar-refractivity contribution in [3.8, 4) is 0 Å². The summed E-state index contributed by atoms with van der Waals surface area (Å²) in [5.41, 5.74) is -1.50. The van der Waals surface area contributed by atoms with Gasteiger partial charge in [0.25, 0.3) is 0 Å². The summed E-state index contributed by atoms with van der Waals surface area (Å²) < 4.78 is 0. The Morgan fingerprint density at radius 1 is 1.06 bits per heavy atom. The van der Waals surface area contributed by atoms with Crippen LogP contribution in [-0.2, 0) is 9.59 Å². The summed E-state index contributed by atoms with van der Waals surface area (Å²) in [6.07, 6.45) is 5.62. The molecule has 18 heavy (non-hydrogen) atoms. The first-order valence-corrected chi connectivity index (χ1v) is 6.93. The molecule has 1 heterocycles.